The number of halogens is 1. The van der Waals surface area contributed by atoms with Gasteiger partial charge >= 0.3 is 0 Å². The van der Waals surface area contributed by atoms with Crippen molar-refractivity contribution in [2.45, 2.75) is 6.92 Å². The van der Waals surface area contributed by atoms with Crippen LogP contribution in [-0.2, 0) is 4.79 Å². The van der Waals surface area contributed by atoms with Gasteiger partial charge in [0.1, 0.15) is 0 Å². The number of carbonyl (C=O) groups excluding carboxylic acids is 1. The van der Waals surface area contributed by atoms with E-state index in [1.165, 1.54) is 6.92 Å². The van der Waals surface area contributed by atoms with Gasteiger partial charge in [-0.25, -0.2) is 4.98 Å². The summed E-state index contributed by atoms with van der Waals surface area (Å²) >= 11 is 1.59. The number of nitrogens with zero attached hydrogens (tertiary/aromatic N) is 1. The molecule has 0 aliphatic heterocycles. The second-order valence-electron chi connectivity index (χ2n) is 2.72. The first-order valence-corrected chi connectivity index (χ1v) is 4.74. The largest absolute Gasteiger partial charge is 0.326 e. The summed E-state index contributed by atoms with van der Waals surface area (Å²) in [4.78, 5) is 14.9. The quantitative estimate of drug-likeness (QED) is 0.816. The van der Waals surface area contributed by atoms with Gasteiger partial charge in [0.25, 0.3) is 0 Å². The van der Waals surface area contributed by atoms with Crippen molar-refractivity contribution in [3.05, 3.63) is 23.7 Å². The molecule has 2 aromatic rings. The zero-order valence-corrected chi connectivity index (χ0v) is 9.11. The molecule has 0 unspecified atom stereocenters. The summed E-state index contributed by atoms with van der Waals surface area (Å²) in [6.07, 6.45) is 0. The van der Waals surface area contributed by atoms with Crippen molar-refractivity contribution in [1.29, 1.82) is 0 Å². The smallest absolute Gasteiger partial charge is 0.221 e. The van der Waals surface area contributed by atoms with Crippen molar-refractivity contribution >= 4 is 45.6 Å². The highest BCUT2D eigenvalue weighted by atomic mass is 35.5. The maximum atomic E-state index is 10.8. The van der Waals surface area contributed by atoms with Crippen molar-refractivity contribution < 1.29 is 4.79 Å². The SMILES string of the molecule is CC(=O)Nc1ccc2scnc2c1.Cl. The van der Waals surface area contributed by atoms with Crippen LogP contribution in [0.1, 0.15) is 6.92 Å². The summed E-state index contributed by atoms with van der Waals surface area (Å²) < 4.78 is 1.13. The number of amides is 1. The number of nitrogens with one attached hydrogen (secondary N) is 1. The van der Waals surface area contributed by atoms with E-state index in [1.54, 1.807) is 16.8 Å². The molecule has 1 N–H and O–H groups in total. The molecule has 14 heavy (non-hydrogen) atoms. The Morgan fingerprint density at radius 1 is 1.50 bits per heavy atom. The van der Waals surface area contributed by atoms with E-state index < -0.39 is 0 Å². The lowest BCUT2D eigenvalue weighted by molar-refractivity contribution is -0.114. The minimum absolute atomic E-state index is 0. The summed E-state index contributed by atoms with van der Waals surface area (Å²) in [5.74, 6) is -0.0606. The van der Waals surface area contributed by atoms with Crippen molar-refractivity contribution in [1.82, 2.24) is 4.98 Å². The molecule has 0 saturated carbocycles. The molecule has 3 nitrogen and oxygen atoms in total. The fourth-order valence-corrected chi connectivity index (χ4v) is 1.80. The molecule has 0 saturated heterocycles. The van der Waals surface area contributed by atoms with Gasteiger partial charge in [-0.05, 0) is 18.2 Å². The van der Waals surface area contributed by atoms with E-state index in [2.05, 4.69) is 10.3 Å². The van der Waals surface area contributed by atoms with Gasteiger partial charge in [-0.1, -0.05) is 0 Å². The van der Waals surface area contributed by atoms with Gasteiger partial charge in [-0.2, -0.15) is 0 Å². The molecule has 1 aromatic heterocycles. The number of aromatic nitrogens is 1. The molecular weight excluding hydrogens is 220 g/mol. The second-order valence-corrected chi connectivity index (χ2v) is 3.60. The average Bonchev–Trinajstić information content (AvgIpc) is 2.49. The second kappa shape index (κ2) is 4.39. The lowest BCUT2D eigenvalue weighted by atomic mass is 10.3. The zero-order valence-electron chi connectivity index (χ0n) is 7.48. The number of rotatable bonds is 1. The number of hydrogen-bond acceptors (Lipinski definition) is 3. The Hall–Kier alpha value is -1.13. The van der Waals surface area contributed by atoms with Crippen molar-refractivity contribution in [3.63, 3.8) is 0 Å². The van der Waals surface area contributed by atoms with Crippen LogP contribution >= 0.6 is 23.7 Å². The van der Waals surface area contributed by atoms with Gasteiger partial charge in [-0.15, -0.1) is 23.7 Å². The van der Waals surface area contributed by atoms with Crippen LogP contribution in [0.4, 0.5) is 5.69 Å². The Balaban J connectivity index is 0.000000980. The Labute approximate surface area is 91.6 Å². The van der Waals surface area contributed by atoms with Gasteiger partial charge < -0.3 is 5.32 Å². The number of anilines is 1. The Morgan fingerprint density at radius 3 is 3.00 bits per heavy atom. The first-order chi connectivity index (χ1) is 6.25. The fraction of sp³-hybridized carbons (Fsp3) is 0.111. The summed E-state index contributed by atoms with van der Waals surface area (Å²) in [6, 6.07) is 5.70. The van der Waals surface area contributed by atoms with Gasteiger partial charge in [0.15, 0.2) is 0 Å². The Kier molecular flexibility index (Phi) is 3.43. The molecule has 1 aromatic carbocycles. The molecule has 0 aliphatic rings. The van der Waals surface area contributed by atoms with Crippen LogP contribution in [0, 0.1) is 0 Å². The van der Waals surface area contributed by atoms with Gasteiger partial charge in [0, 0.05) is 12.6 Å². The molecule has 74 valence electrons. The van der Waals surface area contributed by atoms with E-state index in [0.29, 0.717) is 0 Å². The molecule has 0 spiro atoms. The minimum Gasteiger partial charge on any atom is -0.326 e. The first kappa shape index (κ1) is 10.9. The highest BCUT2D eigenvalue weighted by Crippen LogP contribution is 2.21. The van der Waals surface area contributed by atoms with E-state index in [1.807, 2.05) is 18.2 Å². The van der Waals surface area contributed by atoms with E-state index in [-0.39, 0.29) is 18.3 Å². The van der Waals surface area contributed by atoms with E-state index >= 15 is 0 Å². The monoisotopic (exact) mass is 228 g/mol. The lowest BCUT2D eigenvalue weighted by Gasteiger charge is -1.99. The van der Waals surface area contributed by atoms with Crippen LogP contribution < -0.4 is 5.32 Å². The molecule has 0 atom stereocenters. The Morgan fingerprint density at radius 2 is 2.29 bits per heavy atom. The molecule has 0 bridgehead atoms. The fourth-order valence-electron chi connectivity index (χ4n) is 1.14. The molecule has 0 aliphatic carbocycles. The van der Waals surface area contributed by atoms with Crippen LogP contribution in [0.3, 0.4) is 0 Å². The zero-order chi connectivity index (χ0) is 9.26. The predicted octanol–water partition coefficient (Wildman–Crippen LogP) is 2.68. The first-order valence-electron chi connectivity index (χ1n) is 3.86. The van der Waals surface area contributed by atoms with E-state index in [4.69, 9.17) is 0 Å². The maximum Gasteiger partial charge on any atom is 0.221 e. The molecule has 0 fully saturated rings. The van der Waals surface area contributed by atoms with E-state index in [0.717, 1.165) is 15.9 Å². The molecule has 5 heteroatoms. The third-order valence-electron chi connectivity index (χ3n) is 1.65. The van der Waals surface area contributed by atoms with Crippen LogP contribution in [0.2, 0.25) is 0 Å². The van der Waals surface area contributed by atoms with Crippen LogP contribution in [0.25, 0.3) is 10.2 Å². The van der Waals surface area contributed by atoms with Gasteiger partial charge in [-0.3, -0.25) is 4.79 Å². The van der Waals surface area contributed by atoms with E-state index in [9.17, 15) is 4.79 Å². The summed E-state index contributed by atoms with van der Waals surface area (Å²) in [7, 11) is 0. The van der Waals surface area contributed by atoms with Crippen LogP contribution in [-0.4, -0.2) is 10.9 Å². The molecule has 1 heterocycles. The minimum atomic E-state index is -0.0606. The third kappa shape index (κ3) is 2.21. The van der Waals surface area contributed by atoms with Crippen molar-refractivity contribution in [2.75, 3.05) is 5.32 Å². The summed E-state index contributed by atoms with van der Waals surface area (Å²) in [5.41, 5.74) is 3.52. The average molecular weight is 229 g/mol. The standard InChI is InChI=1S/C9H8N2OS.ClH/c1-6(12)11-7-2-3-9-8(4-7)10-5-13-9;/h2-5H,1H3,(H,11,12);1H. The molecule has 2 rings (SSSR count). The summed E-state index contributed by atoms with van der Waals surface area (Å²) in [6.45, 7) is 1.49. The van der Waals surface area contributed by atoms with Gasteiger partial charge in [0.05, 0.1) is 15.7 Å². The molecular formula is C9H9ClN2OS. The van der Waals surface area contributed by atoms with Crippen molar-refractivity contribution in [3.8, 4) is 0 Å². The number of carbonyl (C=O) groups is 1. The topological polar surface area (TPSA) is 42.0 Å². The third-order valence-corrected chi connectivity index (χ3v) is 2.46. The normalized spacial score (nSPS) is 9.50. The number of hydrogen-bond donors (Lipinski definition) is 1. The number of thiazole rings is 1. The van der Waals surface area contributed by atoms with Crippen molar-refractivity contribution in [2.24, 2.45) is 0 Å². The highest BCUT2D eigenvalue weighted by Gasteiger charge is 1.99. The van der Waals surface area contributed by atoms with Gasteiger partial charge in [0.2, 0.25) is 5.91 Å². The number of benzene rings is 1. The summed E-state index contributed by atoms with van der Waals surface area (Å²) in [5, 5.41) is 2.71. The van der Waals surface area contributed by atoms with Crippen LogP contribution in [0.5, 0.6) is 0 Å². The maximum absolute atomic E-state index is 10.8. The lowest BCUT2D eigenvalue weighted by Crippen LogP contribution is -2.05. The molecule has 1 amide bonds. The number of fused-ring (bicyclic) bond motifs is 1. The molecule has 0 radical (unpaired) electrons. The predicted molar refractivity (Wildman–Crippen MR) is 61.2 cm³/mol. The highest BCUT2D eigenvalue weighted by molar-refractivity contribution is 7.16. The Bertz CT molecular complexity index is 455. The van der Waals surface area contributed by atoms with Crippen LogP contribution in [0.15, 0.2) is 23.7 Å².